The third kappa shape index (κ3) is 15.9. The van der Waals surface area contributed by atoms with Crippen molar-refractivity contribution in [2.75, 3.05) is 0 Å². The second-order valence-electron chi connectivity index (χ2n) is 6.54. The molecule has 0 N–H and O–H groups in total. The van der Waals surface area contributed by atoms with Gasteiger partial charge in [0.1, 0.15) is 7.38 Å². The number of hydrogen-bond donors (Lipinski definition) is 0. The standard InChI is InChI=1S/C17H33ClO2Si/c1-5-17(19)20-16(2)14-12-10-8-6-7-9-11-13-15-21(3,4)18/h5,16H,1,6-15H2,2-4H3. The summed E-state index contributed by atoms with van der Waals surface area (Å²) in [7, 11) is -1.34. The van der Waals surface area contributed by atoms with Gasteiger partial charge >= 0.3 is 5.97 Å². The number of carbonyl (C=O) groups excluding carboxylic acids is 1. The third-order valence-electron chi connectivity index (χ3n) is 3.62. The van der Waals surface area contributed by atoms with Crippen LogP contribution in [-0.4, -0.2) is 19.5 Å². The molecule has 1 unspecified atom stereocenters. The van der Waals surface area contributed by atoms with Crippen LogP contribution in [0.25, 0.3) is 0 Å². The second-order valence-corrected chi connectivity index (χ2v) is 13.5. The van der Waals surface area contributed by atoms with Crippen molar-refractivity contribution < 1.29 is 9.53 Å². The number of hydrogen-bond acceptors (Lipinski definition) is 2. The molecule has 124 valence electrons. The molecule has 0 radical (unpaired) electrons. The van der Waals surface area contributed by atoms with Crippen LogP contribution in [0.2, 0.25) is 19.1 Å². The largest absolute Gasteiger partial charge is 0.460 e. The zero-order valence-electron chi connectivity index (χ0n) is 14.1. The van der Waals surface area contributed by atoms with Gasteiger partial charge in [0.25, 0.3) is 0 Å². The van der Waals surface area contributed by atoms with E-state index in [0.717, 1.165) is 12.8 Å². The predicted molar refractivity (Wildman–Crippen MR) is 95.4 cm³/mol. The average Bonchev–Trinajstić information content (AvgIpc) is 2.39. The fourth-order valence-electron chi connectivity index (χ4n) is 2.34. The van der Waals surface area contributed by atoms with Gasteiger partial charge in [0.05, 0.1) is 6.10 Å². The lowest BCUT2D eigenvalue weighted by Crippen LogP contribution is -2.14. The van der Waals surface area contributed by atoms with E-state index in [-0.39, 0.29) is 12.1 Å². The molecule has 0 saturated carbocycles. The number of halogens is 1. The van der Waals surface area contributed by atoms with Crippen molar-refractivity contribution in [2.45, 2.75) is 90.0 Å². The first-order valence-electron chi connectivity index (χ1n) is 8.37. The summed E-state index contributed by atoms with van der Waals surface area (Å²) in [5.74, 6) is -0.314. The Bertz CT molecular complexity index is 287. The summed E-state index contributed by atoms with van der Waals surface area (Å²) >= 11 is 6.30. The molecule has 0 aromatic carbocycles. The third-order valence-corrected chi connectivity index (χ3v) is 5.73. The number of rotatable bonds is 13. The first-order chi connectivity index (χ1) is 9.85. The highest BCUT2D eigenvalue weighted by atomic mass is 35.6. The van der Waals surface area contributed by atoms with Crippen LogP contribution in [0.5, 0.6) is 0 Å². The summed E-state index contributed by atoms with van der Waals surface area (Å²) in [5.41, 5.74) is 0. The Labute approximate surface area is 137 Å². The lowest BCUT2D eigenvalue weighted by molar-refractivity contribution is -0.142. The SMILES string of the molecule is C=CC(=O)OC(C)CCCCCCCCCC[Si](C)(C)Cl. The van der Waals surface area contributed by atoms with Crippen LogP contribution in [0, 0.1) is 0 Å². The molecule has 0 aliphatic carbocycles. The van der Waals surface area contributed by atoms with E-state index in [9.17, 15) is 4.79 Å². The van der Waals surface area contributed by atoms with Crippen molar-refractivity contribution in [2.24, 2.45) is 0 Å². The lowest BCUT2D eigenvalue weighted by atomic mass is 10.1. The van der Waals surface area contributed by atoms with Crippen molar-refractivity contribution in [1.29, 1.82) is 0 Å². The van der Waals surface area contributed by atoms with Gasteiger partial charge in [-0.2, -0.15) is 11.1 Å². The van der Waals surface area contributed by atoms with Crippen molar-refractivity contribution in [3.05, 3.63) is 12.7 Å². The van der Waals surface area contributed by atoms with E-state index in [0.29, 0.717) is 0 Å². The van der Waals surface area contributed by atoms with Gasteiger partial charge in [-0.1, -0.05) is 64.6 Å². The Morgan fingerprint density at radius 2 is 1.57 bits per heavy atom. The molecule has 0 aromatic heterocycles. The predicted octanol–water partition coefficient (Wildman–Crippen LogP) is 6.06. The van der Waals surface area contributed by atoms with Gasteiger partial charge in [0.2, 0.25) is 0 Å². The Hall–Kier alpha value is -0.283. The molecule has 0 spiro atoms. The molecule has 0 saturated heterocycles. The highest BCUT2D eigenvalue weighted by Gasteiger charge is 2.15. The number of esters is 1. The van der Waals surface area contributed by atoms with Crippen LogP contribution in [0.15, 0.2) is 12.7 Å². The van der Waals surface area contributed by atoms with Gasteiger partial charge < -0.3 is 4.74 Å². The molecule has 0 aliphatic rings. The summed E-state index contributed by atoms with van der Waals surface area (Å²) in [6.07, 6.45) is 12.5. The quantitative estimate of drug-likeness (QED) is 0.135. The van der Waals surface area contributed by atoms with Crippen LogP contribution < -0.4 is 0 Å². The summed E-state index contributed by atoms with van der Waals surface area (Å²) in [4.78, 5) is 11.0. The summed E-state index contributed by atoms with van der Waals surface area (Å²) in [6, 6.07) is 1.25. The molecule has 0 heterocycles. The highest BCUT2D eigenvalue weighted by Crippen LogP contribution is 2.19. The van der Waals surface area contributed by atoms with Crippen molar-refractivity contribution in [1.82, 2.24) is 0 Å². The first-order valence-corrected chi connectivity index (χ1v) is 12.6. The Kier molecular flexibility index (Phi) is 12.1. The van der Waals surface area contributed by atoms with Crippen molar-refractivity contribution in [3.8, 4) is 0 Å². The van der Waals surface area contributed by atoms with Gasteiger partial charge in [-0.25, -0.2) is 4.79 Å². The molecule has 0 aromatic rings. The molecule has 0 aliphatic heterocycles. The molecule has 1 atom stereocenters. The van der Waals surface area contributed by atoms with E-state index in [2.05, 4.69) is 19.7 Å². The Morgan fingerprint density at radius 1 is 1.10 bits per heavy atom. The zero-order valence-corrected chi connectivity index (χ0v) is 15.9. The maximum Gasteiger partial charge on any atom is 0.330 e. The molecule has 4 heteroatoms. The summed E-state index contributed by atoms with van der Waals surface area (Å²) in [6.45, 7) is 9.79. The normalized spacial score (nSPS) is 13.0. The maximum atomic E-state index is 11.0. The highest BCUT2D eigenvalue weighted by molar-refractivity contribution is 7.19. The minimum absolute atomic E-state index is 0.0126. The van der Waals surface area contributed by atoms with Crippen molar-refractivity contribution >= 4 is 24.4 Å². The van der Waals surface area contributed by atoms with Gasteiger partial charge in [-0.15, -0.1) is 0 Å². The number of unbranched alkanes of at least 4 members (excludes halogenated alkanes) is 7. The Morgan fingerprint density at radius 3 is 2.05 bits per heavy atom. The lowest BCUT2D eigenvalue weighted by Gasteiger charge is -2.12. The molecular weight excluding hydrogens is 300 g/mol. The summed E-state index contributed by atoms with van der Waals surface area (Å²) in [5, 5.41) is 0. The van der Waals surface area contributed by atoms with E-state index in [1.165, 1.54) is 57.1 Å². The van der Waals surface area contributed by atoms with Gasteiger partial charge in [0.15, 0.2) is 0 Å². The van der Waals surface area contributed by atoms with Gasteiger partial charge in [-0.3, -0.25) is 0 Å². The smallest absolute Gasteiger partial charge is 0.330 e. The molecule has 0 bridgehead atoms. The van der Waals surface area contributed by atoms with Crippen LogP contribution in [0.1, 0.15) is 64.7 Å². The van der Waals surface area contributed by atoms with Crippen LogP contribution in [0.4, 0.5) is 0 Å². The topological polar surface area (TPSA) is 26.3 Å². The molecule has 0 amide bonds. The Balaban J connectivity index is 3.26. The van der Waals surface area contributed by atoms with E-state index in [1.807, 2.05) is 6.92 Å². The molecule has 0 fully saturated rings. The zero-order chi connectivity index (χ0) is 16.1. The van der Waals surface area contributed by atoms with Crippen LogP contribution in [0.3, 0.4) is 0 Å². The van der Waals surface area contributed by atoms with Gasteiger partial charge in [-0.05, 0) is 25.8 Å². The minimum atomic E-state index is -1.34. The fourth-order valence-corrected chi connectivity index (χ4v) is 3.83. The average molecular weight is 333 g/mol. The maximum absolute atomic E-state index is 11.0. The first kappa shape index (κ1) is 20.7. The minimum Gasteiger partial charge on any atom is -0.460 e. The number of ether oxygens (including phenoxy) is 1. The molecule has 2 nitrogen and oxygen atoms in total. The number of carbonyl (C=O) groups is 1. The fraction of sp³-hybridized carbons (Fsp3) is 0.824. The van der Waals surface area contributed by atoms with E-state index >= 15 is 0 Å². The van der Waals surface area contributed by atoms with Gasteiger partial charge in [0, 0.05) is 6.08 Å². The molecule has 21 heavy (non-hydrogen) atoms. The van der Waals surface area contributed by atoms with E-state index in [4.69, 9.17) is 15.8 Å². The van der Waals surface area contributed by atoms with Crippen LogP contribution in [-0.2, 0) is 9.53 Å². The monoisotopic (exact) mass is 332 g/mol. The molecular formula is C17H33ClO2Si. The summed E-state index contributed by atoms with van der Waals surface area (Å²) < 4.78 is 5.13. The van der Waals surface area contributed by atoms with Crippen molar-refractivity contribution in [3.63, 3.8) is 0 Å². The molecule has 0 rings (SSSR count). The second kappa shape index (κ2) is 12.3. The van der Waals surface area contributed by atoms with Crippen LogP contribution >= 0.6 is 11.1 Å². The van der Waals surface area contributed by atoms with E-state index in [1.54, 1.807) is 0 Å². The van der Waals surface area contributed by atoms with E-state index < -0.39 is 7.38 Å².